The highest BCUT2D eigenvalue weighted by Crippen LogP contribution is 2.37. The van der Waals surface area contributed by atoms with Crippen molar-refractivity contribution < 1.29 is 4.79 Å². The molecule has 0 saturated carbocycles. The Labute approximate surface area is 176 Å². The fraction of sp³-hybridized carbons (Fsp3) is 0.0870. The standard InChI is InChI=1S/C23H19BrN2OS/c24-18-12-10-16(11-13-18)21-22(19-8-4-5-9-20(19)26-21)28-15-14-25-23(27)17-6-2-1-3-7-17/h1-13,26H,14-15H2,(H,25,27). The minimum absolute atomic E-state index is 0.0340. The smallest absolute Gasteiger partial charge is 0.251 e. The number of carbonyl (C=O) groups is 1. The van der Waals surface area contributed by atoms with Crippen LogP contribution in [0, 0.1) is 0 Å². The Morgan fingerprint density at radius 2 is 1.64 bits per heavy atom. The van der Waals surface area contributed by atoms with Gasteiger partial charge in [0.25, 0.3) is 5.91 Å². The van der Waals surface area contributed by atoms with Gasteiger partial charge < -0.3 is 10.3 Å². The van der Waals surface area contributed by atoms with Crippen LogP contribution in [0.5, 0.6) is 0 Å². The third kappa shape index (κ3) is 4.16. The fourth-order valence-corrected chi connectivity index (χ4v) is 4.41. The molecule has 3 aromatic carbocycles. The second kappa shape index (κ2) is 8.67. The lowest BCUT2D eigenvalue weighted by Gasteiger charge is -2.07. The third-order valence-electron chi connectivity index (χ3n) is 4.46. The molecule has 0 bridgehead atoms. The molecule has 0 aliphatic carbocycles. The molecule has 0 saturated heterocycles. The number of thioether (sulfide) groups is 1. The van der Waals surface area contributed by atoms with Crippen molar-refractivity contribution in [3.05, 3.63) is 88.9 Å². The zero-order valence-corrected chi connectivity index (χ0v) is 17.5. The molecule has 1 heterocycles. The maximum atomic E-state index is 12.2. The maximum absolute atomic E-state index is 12.2. The number of nitrogens with one attached hydrogen (secondary N) is 2. The van der Waals surface area contributed by atoms with Crippen LogP contribution >= 0.6 is 27.7 Å². The van der Waals surface area contributed by atoms with Crippen LogP contribution < -0.4 is 5.32 Å². The van der Waals surface area contributed by atoms with Crippen molar-refractivity contribution in [2.45, 2.75) is 4.90 Å². The van der Waals surface area contributed by atoms with Crippen molar-refractivity contribution in [2.24, 2.45) is 0 Å². The van der Waals surface area contributed by atoms with Crippen LogP contribution in [-0.4, -0.2) is 23.2 Å². The van der Waals surface area contributed by atoms with E-state index in [1.165, 1.54) is 10.3 Å². The van der Waals surface area contributed by atoms with Gasteiger partial charge in [0, 0.05) is 38.1 Å². The van der Waals surface area contributed by atoms with E-state index in [0.29, 0.717) is 12.1 Å². The number of hydrogen-bond donors (Lipinski definition) is 2. The summed E-state index contributed by atoms with van der Waals surface area (Å²) in [6.45, 7) is 0.609. The van der Waals surface area contributed by atoms with Crippen molar-refractivity contribution in [1.82, 2.24) is 10.3 Å². The molecular formula is C23H19BrN2OS. The second-order valence-electron chi connectivity index (χ2n) is 6.35. The van der Waals surface area contributed by atoms with Crippen LogP contribution in [-0.2, 0) is 0 Å². The molecule has 4 rings (SSSR count). The normalized spacial score (nSPS) is 10.9. The highest BCUT2D eigenvalue weighted by molar-refractivity contribution is 9.10. The van der Waals surface area contributed by atoms with Gasteiger partial charge in [-0.05, 0) is 35.9 Å². The van der Waals surface area contributed by atoms with Crippen LogP contribution in [0.2, 0.25) is 0 Å². The van der Waals surface area contributed by atoms with Gasteiger partial charge in [0.1, 0.15) is 0 Å². The van der Waals surface area contributed by atoms with Gasteiger partial charge in [0.05, 0.1) is 5.69 Å². The highest BCUT2D eigenvalue weighted by atomic mass is 79.9. The zero-order chi connectivity index (χ0) is 19.3. The van der Waals surface area contributed by atoms with E-state index in [-0.39, 0.29) is 5.91 Å². The predicted molar refractivity (Wildman–Crippen MR) is 121 cm³/mol. The number of aromatic nitrogens is 1. The van der Waals surface area contributed by atoms with Gasteiger partial charge in [0.15, 0.2) is 0 Å². The lowest BCUT2D eigenvalue weighted by Crippen LogP contribution is -2.25. The van der Waals surface area contributed by atoms with Gasteiger partial charge in [-0.2, -0.15) is 0 Å². The first-order chi connectivity index (χ1) is 13.7. The Hall–Kier alpha value is -2.50. The molecule has 5 heteroatoms. The average molecular weight is 451 g/mol. The zero-order valence-electron chi connectivity index (χ0n) is 15.1. The van der Waals surface area contributed by atoms with Gasteiger partial charge in [-0.1, -0.05) is 64.5 Å². The summed E-state index contributed by atoms with van der Waals surface area (Å²) in [5.41, 5.74) is 4.08. The van der Waals surface area contributed by atoms with Gasteiger partial charge in [0.2, 0.25) is 0 Å². The first-order valence-electron chi connectivity index (χ1n) is 9.05. The topological polar surface area (TPSA) is 44.9 Å². The molecule has 1 amide bonds. The van der Waals surface area contributed by atoms with Gasteiger partial charge >= 0.3 is 0 Å². The van der Waals surface area contributed by atoms with Crippen molar-refractivity contribution in [3.8, 4) is 11.3 Å². The van der Waals surface area contributed by atoms with E-state index < -0.39 is 0 Å². The Morgan fingerprint density at radius 3 is 2.43 bits per heavy atom. The van der Waals surface area contributed by atoms with E-state index in [1.54, 1.807) is 11.8 Å². The molecule has 2 N–H and O–H groups in total. The summed E-state index contributed by atoms with van der Waals surface area (Å²) in [5.74, 6) is 0.762. The van der Waals surface area contributed by atoms with E-state index in [9.17, 15) is 4.79 Å². The molecule has 0 fully saturated rings. The first kappa shape index (κ1) is 18.8. The Kier molecular flexibility index (Phi) is 5.84. The van der Waals surface area contributed by atoms with Crippen LogP contribution in [0.4, 0.5) is 0 Å². The Bertz CT molecular complexity index is 1090. The maximum Gasteiger partial charge on any atom is 0.251 e. The Morgan fingerprint density at radius 1 is 0.929 bits per heavy atom. The van der Waals surface area contributed by atoms with Gasteiger partial charge in [-0.3, -0.25) is 4.79 Å². The van der Waals surface area contributed by atoms with Crippen LogP contribution in [0.25, 0.3) is 22.2 Å². The molecule has 140 valence electrons. The molecule has 0 aliphatic heterocycles. The van der Waals surface area contributed by atoms with Gasteiger partial charge in [-0.25, -0.2) is 0 Å². The number of H-pyrrole nitrogens is 1. The van der Waals surface area contributed by atoms with Gasteiger partial charge in [-0.15, -0.1) is 11.8 Å². The monoisotopic (exact) mass is 450 g/mol. The minimum atomic E-state index is -0.0340. The molecule has 0 radical (unpaired) electrons. The molecule has 0 spiro atoms. The van der Waals surface area contributed by atoms with Crippen molar-refractivity contribution in [2.75, 3.05) is 12.3 Å². The number of benzene rings is 3. The molecule has 0 aliphatic rings. The van der Waals surface area contributed by atoms with Crippen LogP contribution in [0.15, 0.2) is 88.2 Å². The lowest BCUT2D eigenvalue weighted by atomic mass is 10.1. The minimum Gasteiger partial charge on any atom is -0.354 e. The number of hydrogen-bond acceptors (Lipinski definition) is 2. The number of aromatic amines is 1. The SMILES string of the molecule is O=C(NCCSc1c(-c2ccc(Br)cc2)[nH]c2ccccc12)c1ccccc1. The molecular weight excluding hydrogens is 432 g/mol. The number of para-hydroxylation sites is 1. The fourth-order valence-electron chi connectivity index (χ4n) is 3.10. The lowest BCUT2D eigenvalue weighted by molar-refractivity contribution is 0.0956. The number of amides is 1. The Balaban J connectivity index is 1.50. The molecule has 3 nitrogen and oxygen atoms in total. The largest absolute Gasteiger partial charge is 0.354 e. The van der Waals surface area contributed by atoms with E-state index in [0.717, 1.165) is 27.0 Å². The number of fused-ring (bicyclic) bond motifs is 1. The summed E-state index contributed by atoms with van der Waals surface area (Å²) in [6.07, 6.45) is 0. The first-order valence-corrected chi connectivity index (χ1v) is 10.8. The number of halogens is 1. The average Bonchev–Trinajstić information content (AvgIpc) is 3.11. The summed E-state index contributed by atoms with van der Waals surface area (Å²) < 4.78 is 1.06. The van der Waals surface area contributed by atoms with Crippen molar-refractivity contribution in [3.63, 3.8) is 0 Å². The molecule has 1 aromatic heterocycles. The van der Waals surface area contributed by atoms with Crippen molar-refractivity contribution in [1.29, 1.82) is 0 Å². The van der Waals surface area contributed by atoms with E-state index in [4.69, 9.17) is 0 Å². The summed E-state index contributed by atoms with van der Waals surface area (Å²) in [7, 11) is 0. The second-order valence-corrected chi connectivity index (χ2v) is 8.37. The number of rotatable bonds is 6. The van der Waals surface area contributed by atoms with Crippen molar-refractivity contribution >= 4 is 44.5 Å². The van der Waals surface area contributed by atoms with E-state index >= 15 is 0 Å². The predicted octanol–water partition coefficient (Wildman–Crippen LogP) is 6.12. The van der Waals surface area contributed by atoms with E-state index in [2.05, 4.69) is 68.7 Å². The van der Waals surface area contributed by atoms with E-state index in [1.807, 2.05) is 36.4 Å². The van der Waals surface area contributed by atoms with Crippen LogP contribution in [0.1, 0.15) is 10.4 Å². The highest BCUT2D eigenvalue weighted by Gasteiger charge is 2.13. The quantitative estimate of drug-likeness (QED) is 0.274. The summed E-state index contributed by atoms with van der Waals surface area (Å²) >= 11 is 5.26. The van der Waals surface area contributed by atoms with Crippen LogP contribution in [0.3, 0.4) is 0 Å². The molecule has 0 unspecified atom stereocenters. The number of carbonyl (C=O) groups excluding carboxylic acids is 1. The molecule has 0 atom stereocenters. The third-order valence-corrected chi connectivity index (χ3v) is 6.11. The summed E-state index contributed by atoms with van der Waals surface area (Å²) in [4.78, 5) is 17.0. The summed E-state index contributed by atoms with van der Waals surface area (Å²) in [5, 5.41) is 4.21. The molecule has 28 heavy (non-hydrogen) atoms. The summed E-state index contributed by atoms with van der Waals surface area (Å²) in [6, 6.07) is 26.0. The molecule has 4 aromatic rings.